The molecule has 1 saturated carbocycles. The summed E-state index contributed by atoms with van der Waals surface area (Å²) in [6, 6.07) is 0. The number of nitrogens with one attached hydrogen (secondary N) is 1. The quantitative estimate of drug-likeness (QED) is 0.676. The summed E-state index contributed by atoms with van der Waals surface area (Å²) in [5.41, 5.74) is 0.0351. The Morgan fingerprint density at radius 2 is 1.84 bits per heavy atom. The molecule has 1 aliphatic carbocycles. The Morgan fingerprint density at radius 3 is 2.42 bits per heavy atom. The highest BCUT2D eigenvalue weighted by Crippen LogP contribution is 2.25. The lowest BCUT2D eigenvalue weighted by molar-refractivity contribution is 0.330. The topological polar surface area (TPSA) is 46.2 Å². The third kappa shape index (κ3) is 7.66. The van der Waals surface area contributed by atoms with Crippen LogP contribution in [0.5, 0.6) is 0 Å². The molecule has 5 heteroatoms. The van der Waals surface area contributed by atoms with Crippen LogP contribution in [0.15, 0.2) is 0 Å². The number of halogens is 1. The minimum atomic E-state index is -3.10. The Bertz CT molecular complexity index is 348. The fourth-order valence-corrected chi connectivity index (χ4v) is 4.62. The van der Waals surface area contributed by atoms with E-state index >= 15 is 0 Å². The van der Waals surface area contributed by atoms with E-state index in [1.54, 1.807) is 0 Å². The highest BCUT2D eigenvalue weighted by molar-refractivity contribution is 9.09. The smallest absolute Gasteiger partial charge is 0.211 e. The van der Waals surface area contributed by atoms with Crippen LogP contribution in [0, 0.1) is 11.3 Å². The van der Waals surface area contributed by atoms with Gasteiger partial charge in [-0.1, -0.05) is 49.0 Å². The van der Waals surface area contributed by atoms with Crippen molar-refractivity contribution < 1.29 is 8.42 Å². The molecule has 0 radical (unpaired) electrons. The zero-order valence-corrected chi connectivity index (χ0v) is 14.7. The zero-order valence-electron chi connectivity index (χ0n) is 12.3. The first kappa shape index (κ1) is 17.4. The van der Waals surface area contributed by atoms with Gasteiger partial charge in [0.2, 0.25) is 10.0 Å². The van der Waals surface area contributed by atoms with Gasteiger partial charge >= 0.3 is 0 Å². The average Bonchev–Trinajstić information content (AvgIpc) is 2.35. The maximum Gasteiger partial charge on any atom is 0.211 e. The van der Waals surface area contributed by atoms with Crippen molar-refractivity contribution in [1.82, 2.24) is 4.72 Å². The fourth-order valence-electron chi connectivity index (χ4n) is 2.66. The number of sulfonamides is 1. The lowest BCUT2D eigenvalue weighted by Gasteiger charge is -2.26. The molecule has 114 valence electrons. The van der Waals surface area contributed by atoms with E-state index in [0.717, 1.165) is 31.0 Å². The molecular weight excluding hydrogens is 326 g/mol. The summed E-state index contributed by atoms with van der Waals surface area (Å²) >= 11 is 3.42. The first-order valence-electron chi connectivity index (χ1n) is 7.38. The molecule has 0 aromatic rings. The highest BCUT2D eigenvalue weighted by Gasteiger charge is 2.24. The van der Waals surface area contributed by atoms with Crippen LogP contribution in [0.2, 0.25) is 0 Å². The normalized spacial score (nSPS) is 18.7. The number of hydrogen-bond acceptors (Lipinski definition) is 2. The Hall–Kier alpha value is 0.390. The molecule has 1 N–H and O–H groups in total. The first-order valence-corrected chi connectivity index (χ1v) is 10.2. The maximum absolute atomic E-state index is 12.1. The van der Waals surface area contributed by atoms with Crippen molar-refractivity contribution in [2.75, 3.05) is 17.6 Å². The summed E-state index contributed by atoms with van der Waals surface area (Å²) in [6.07, 6.45) is 7.92. The molecule has 1 fully saturated rings. The van der Waals surface area contributed by atoms with E-state index < -0.39 is 10.0 Å². The molecule has 0 atom stereocenters. The van der Waals surface area contributed by atoms with E-state index in [9.17, 15) is 8.42 Å². The monoisotopic (exact) mass is 353 g/mol. The predicted molar refractivity (Wildman–Crippen MR) is 85.2 cm³/mol. The summed E-state index contributed by atoms with van der Waals surface area (Å²) in [5.74, 6) is 0.693. The van der Waals surface area contributed by atoms with Gasteiger partial charge in [-0.2, -0.15) is 0 Å². The molecule has 1 aliphatic rings. The van der Waals surface area contributed by atoms with E-state index in [4.69, 9.17) is 0 Å². The number of rotatable bonds is 8. The van der Waals surface area contributed by atoms with E-state index in [-0.39, 0.29) is 5.41 Å². The minimum absolute atomic E-state index is 0.0351. The van der Waals surface area contributed by atoms with Crippen LogP contribution >= 0.6 is 15.9 Å². The lowest BCUT2D eigenvalue weighted by Crippen LogP contribution is -2.37. The summed E-state index contributed by atoms with van der Waals surface area (Å²) in [7, 11) is -3.10. The van der Waals surface area contributed by atoms with Crippen molar-refractivity contribution in [3.05, 3.63) is 0 Å². The molecule has 0 aromatic carbocycles. The molecule has 19 heavy (non-hydrogen) atoms. The van der Waals surface area contributed by atoms with Crippen molar-refractivity contribution in [2.24, 2.45) is 11.3 Å². The second kappa shape index (κ2) is 7.99. The maximum atomic E-state index is 12.1. The summed E-state index contributed by atoms with van der Waals surface area (Å²) in [6.45, 7) is 4.80. The number of hydrogen-bond donors (Lipinski definition) is 1. The van der Waals surface area contributed by atoms with Crippen molar-refractivity contribution in [3.8, 4) is 0 Å². The standard InChI is InChI=1S/C14H28BrNO2S/c1-14(2,9-6-10-15)12-16-19(17,18)11-13-7-4-3-5-8-13/h13,16H,3-12H2,1-2H3. The minimum Gasteiger partial charge on any atom is -0.215 e. The van der Waals surface area contributed by atoms with Gasteiger partial charge in [-0.15, -0.1) is 0 Å². The van der Waals surface area contributed by atoms with Crippen molar-refractivity contribution in [2.45, 2.75) is 58.8 Å². The fraction of sp³-hybridized carbons (Fsp3) is 1.00. The Kier molecular flexibility index (Phi) is 7.33. The van der Waals surface area contributed by atoms with Gasteiger partial charge in [0.15, 0.2) is 0 Å². The van der Waals surface area contributed by atoms with Crippen LogP contribution in [0.3, 0.4) is 0 Å². The summed E-state index contributed by atoms with van der Waals surface area (Å²) in [5, 5.41) is 0.977. The van der Waals surface area contributed by atoms with Gasteiger partial charge in [-0.3, -0.25) is 0 Å². The largest absolute Gasteiger partial charge is 0.215 e. The van der Waals surface area contributed by atoms with Crippen molar-refractivity contribution in [1.29, 1.82) is 0 Å². The van der Waals surface area contributed by atoms with Gasteiger partial charge in [0.25, 0.3) is 0 Å². The van der Waals surface area contributed by atoms with Crippen LogP contribution in [0.4, 0.5) is 0 Å². The lowest BCUT2D eigenvalue weighted by atomic mass is 9.88. The van der Waals surface area contributed by atoms with Gasteiger partial charge < -0.3 is 0 Å². The van der Waals surface area contributed by atoms with Gasteiger partial charge in [-0.05, 0) is 37.0 Å². The second-order valence-corrected chi connectivity index (χ2v) is 9.21. The van der Waals surface area contributed by atoms with Crippen LogP contribution in [0.1, 0.15) is 58.8 Å². The van der Waals surface area contributed by atoms with Gasteiger partial charge in [0, 0.05) is 11.9 Å². The van der Waals surface area contributed by atoms with Crippen molar-refractivity contribution in [3.63, 3.8) is 0 Å². The molecule has 0 aliphatic heterocycles. The summed E-state index contributed by atoms with van der Waals surface area (Å²) in [4.78, 5) is 0. The Morgan fingerprint density at radius 1 is 1.21 bits per heavy atom. The highest BCUT2D eigenvalue weighted by atomic mass is 79.9. The van der Waals surface area contributed by atoms with E-state index in [2.05, 4.69) is 34.5 Å². The molecule has 0 spiro atoms. The summed E-state index contributed by atoms with van der Waals surface area (Å²) < 4.78 is 27.0. The molecule has 0 unspecified atom stereocenters. The second-order valence-electron chi connectivity index (χ2n) is 6.56. The molecule has 0 aromatic heterocycles. The van der Waals surface area contributed by atoms with Crippen LogP contribution < -0.4 is 4.72 Å². The molecule has 1 rings (SSSR count). The Balaban J connectivity index is 2.37. The van der Waals surface area contributed by atoms with Gasteiger partial charge in [0.1, 0.15) is 0 Å². The Labute approximate surface area is 127 Å². The third-order valence-corrected chi connectivity index (χ3v) is 5.99. The van der Waals surface area contributed by atoms with Crippen LogP contribution in [-0.4, -0.2) is 26.0 Å². The average molecular weight is 354 g/mol. The molecule has 0 heterocycles. The first-order chi connectivity index (χ1) is 8.85. The number of alkyl halides is 1. The molecule has 3 nitrogen and oxygen atoms in total. The predicted octanol–water partition coefficient (Wildman–Crippen LogP) is 3.69. The van der Waals surface area contributed by atoms with Gasteiger partial charge in [0.05, 0.1) is 5.75 Å². The zero-order chi connectivity index (χ0) is 14.4. The van der Waals surface area contributed by atoms with Crippen molar-refractivity contribution >= 4 is 26.0 Å². The van der Waals surface area contributed by atoms with Crippen LogP contribution in [-0.2, 0) is 10.0 Å². The van der Waals surface area contributed by atoms with Gasteiger partial charge in [-0.25, -0.2) is 13.1 Å². The molecule has 0 bridgehead atoms. The van der Waals surface area contributed by atoms with E-state index in [1.807, 2.05) is 0 Å². The molecule has 0 amide bonds. The molecule has 0 saturated heterocycles. The SMILES string of the molecule is CC(C)(CCCBr)CNS(=O)(=O)CC1CCCCC1. The van der Waals surface area contributed by atoms with Crippen LogP contribution in [0.25, 0.3) is 0 Å². The van der Waals surface area contributed by atoms with E-state index in [1.165, 1.54) is 19.3 Å². The molecular formula is C14H28BrNO2S. The third-order valence-electron chi connectivity index (χ3n) is 3.94. The van der Waals surface area contributed by atoms with E-state index in [0.29, 0.717) is 18.2 Å².